The molecule has 0 radical (unpaired) electrons. The van der Waals surface area contributed by atoms with Crippen molar-refractivity contribution in [3.8, 4) is 10.6 Å². The van der Waals surface area contributed by atoms with Crippen LogP contribution in [0.4, 0.5) is 0 Å². The third-order valence-electron chi connectivity index (χ3n) is 3.19. The molecule has 7 heteroatoms. The SMILES string of the molecule is O=C(NCCNC(=O)c1cnc(-c2ccccc2)s1)c1ccco1. The molecule has 6 nitrogen and oxygen atoms in total. The van der Waals surface area contributed by atoms with Gasteiger partial charge in [0.25, 0.3) is 11.8 Å². The van der Waals surface area contributed by atoms with Crippen LogP contribution in [0.3, 0.4) is 0 Å². The molecule has 0 saturated carbocycles. The number of nitrogens with zero attached hydrogens (tertiary/aromatic N) is 1. The molecule has 2 amide bonds. The number of amides is 2. The zero-order chi connectivity index (χ0) is 16.8. The minimum atomic E-state index is -0.307. The molecule has 2 heterocycles. The molecule has 1 aromatic carbocycles. The molecule has 0 spiro atoms. The normalized spacial score (nSPS) is 10.3. The molecule has 3 rings (SSSR count). The van der Waals surface area contributed by atoms with Crippen molar-refractivity contribution in [1.82, 2.24) is 15.6 Å². The highest BCUT2D eigenvalue weighted by Crippen LogP contribution is 2.24. The first-order chi connectivity index (χ1) is 11.7. The number of benzene rings is 1. The lowest BCUT2D eigenvalue weighted by Crippen LogP contribution is -2.34. The van der Waals surface area contributed by atoms with Gasteiger partial charge in [0, 0.05) is 18.7 Å². The van der Waals surface area contributed by atoms with Crippen LogP contribution in [0, 0.1) is 0 Å². The topological polar surface area (TPSA) is 84.2 Å². The molecule has 2 N–H and O–H groups in total. The van der Waals surface area contributed by atoms with Gasteiger partial charge in [0.15, 0.2) is 5.76 Å². The number of hydrogen-bond acceptors (Lipinski definition) is 5. The van der Waals surface area contributed by atoms with Crippen LogP contribution in [0.15, 0.2) is 59.3 Å². The summed E-state index contributed by atoms with van der Waals surface area (Å²) in [5.41, 5.74) is 0.979. The van der Waals surface area contributed by atoms with Crippen LogP contribution in [0.5, 0.6) is 0 Å². The highest BCUT2D eigenvalue weighted by Gasteiger charge is 2.12. The standard InChI is InChI=1S/C17H15N3O3S/c21-15(13-7-4-10-23-13)18-8-9-19-16(22)14-11-20-17(24-14)12-5-2-1-3-6-12/h1-7,10-11H,8-9H2,(H,18,21)(H,19,22). The van der Waals surface area contributed by atoms with E-state index in [2.05, 4.69) is 15.6 Å². The Morgan fingerprint density at radius 2 is 1.75 bits per heavy atom. The molecule has 0 saturated heterocycles. The quantitative estimate of drug-likeness (QED) is 0.675. The van der Waals surface area contributed by atoms with E-state index in [1.165, 1.54) is 17.6 Å². The molecule has 24 heavy (non-hydrogen) atoms. The third kappa shape index (κ3) is 3.88. The number of hydrogen-bond donors (Lipinski definition) is 2. The van der Waals surface area contributed by atoms with Crippen LogP contribution in [-0.4, -0.2) is 29.9 Å². The Morgan fingerprint density at radius 3 is 2.46 bits per heavy atom. The van der Waals surface area contributed by atoms with Crippen LogP contribution >= 0.6 is 11.3 Å². The van der Waals surface area contributed by atoms with Gasteiger partial charge in [0.1, 0.15) is 9.88 Å². The van der Waals surface area contributed by atoms with E-state index < -0.39 is 0 Å². The van der Waals surface area contributed by atoms with Gasteiger partial charge in [-0.2, -0.15) is 0 Å². The van der Waals surface area contributed by atoms with Crippen molar-refractivity contribution in [3.63, 3.8) is 0 Å². The van der Waals surface area contributed by atoms with Crippen LogP contribution in [0.1, 0.15) is 20.2 Å². The second-order valence-electron chi connectivity index (χ2n) is 4.88. The highest BCUT2D eigenvalue weighted by atomic mass is 32.1. The molecular weight excluding hydrogens is 326 g/mol. The summed E-state index contributed by atoms with van der Waals surface area (Å²) in [4.78, 5) is 28.6. The highest BCUT2D eigenvalue weighted by molar-refractivity contribution is 7.16. The van der Waals surface area contributed by atoms with Crippen molar-refractivity contribution < 1.29 is 14.0 Å². The zero-order valence-corrected chi connectivity index (χ0v) is 13.5. The van der Waals surface area contributed by atoms with E-state index in [4.69, 9.17) is 4.42 Å². The lowest BCUT2D eigenvalue weighted by molar-refractivity contribution is 0.0911. The van der Waals surface area contributed by atoms with Gasteiger partial charge in [0.2, 0.25) is 0 Å². The average Bonchev–Trinajstić information content (AvgIpc) is 3.31. The van der Waals surface area contributed by atoms with Crippen molar-refractivity contribution in [3.05, 3.63) is 65.6 Å². The maximum Gasteiger partial charge on any atom is 0.287 e. The van der Waals surface area contributed by atoms with Gasteiger partial charge in [-0.3, -0.25) is 9.59 Å². The van der Waals surface area contributed by atoms with Crippen LogP contribution < -0.4 is 10.6 Å². The fourth-order valence-corrected chi connectivity index (χ4v) is 2.87. The second-order valence-corrected chi connectivity index (χ2v) is 5.92. The summed E-state index contributed by atoms with van der Waals surface area (Å²) < 4.78 is 4.98. The van der Waals surface area contributed by atoms with E-state index in [1.807, 2.05) is 30.3 Å². The van der Waals surface area contributed by atoms with E-state index in [1.54, 1.807) is 18.3 Å². The number of nitrogens with one attached hydrogen (secondary N) is 2. The Bertz CT molecular complexity index is 813. The second kappa shape index (κ2) is 7.56. The first-order valence-electron chi connectivity index (χ1n) is 7.35. The summed E-state index contributed by atoms with van der Waals surface area (Å²) in [5.74, 6) is -0.267. The van der Waals surface area contributed by atoms with Crippen molar-refractivity contribution in [2.45, 2.75) is 0 Å². The summed E-state index contributed by atoms with van der Waals surface area (Å²) >= 11 is 1.33. The molecule has 0 aliphatic heterocycles. The number of furan rings is 1. The fraction of sp³-hybridized carbons (Fsp3) is 0.118. The van der Waals surface area contributed by atoms with Gasteiger partial charge in [-0.15, -0.1) is 11.3 Å². The molecule has 2 aromatic heterocycles. The number of thiazole rings is 1. The maximum atomic E-state index is 12.1. The van der Waals surface area contributed by atoms with Crippen LogP contribution in [-0.2, 0) is 0 Å². The van der Waals surface area contributed by atoms with Crippen molar-refractivity contribution in [2.75, 3.05) is 13.1 Å². The lowest BCUT2D eigenvalue weighted by atomic mass is 10.2. The maximum absolute atomic E-state index is 12.1. The summed E-state index contributed by atoms with van der Waals surface area (Å²) in [7, 11) is 0. The molecular formula is C17H15N3O3S. The minimum absolute atomic E-state index is 0.207. The Balaban J connectivity index is 1.47. The average molecular weight is 341 g/mol. The number of carbonyl (C=O) groups is 2. The molecule has 122 valence electrons. The van der Waals surface area contributed by atoms with Crippen molar-refractivity contribution in [2.24, 2.45) is 0 Å². The lowest BCUT2D eigenvalue weighted by Gasteiger charge is -2.04. The predicted molar refractivity (Wildman–Crippen MR) is 90.9 cm³/mol. The smallest absolute Gasteiger partial charge is 0.287 e. The van der Waals surface area contributed by atoms with Gasteiger partial charge < -0.3 is 15.1 Å². The summed E-state index contributed by atoms with van der Waals surface area (Å²) in [5, 5.41) is 6.21. The number of carbonyl (C=O) groups excluding carboxylic acids is 2. The molecule has 0 unspecified atom stereocenters. The molecule has 0 fully saturated rings. The monoisotopic (exact) mass is 341 g/mol. The summed E-state index contributed by atoms with van der Waals surface area (Å²) in [6.45, 7) is 0.638. The minimum Gasteiger partial charge on any atom is -0.459 e. The van der Waals surface area contributed by atoms with E-state index in [0.29, 0.717) is 18.0 Å². The van der Waals surface area contributed by atoms with E-state index >= 15 is 0 Å². The molecule has 0 aliphatic carbocycles. The van der Waals surface area contributed by atoms with Gasteiger partial charge in [-0.1, -0.05) is 30.3 Å². The Morgan fingerprint density at radius 1 is 1.00 bits per heavy atom. The Kier molecular flexibility index (Phi) is 5.02. The van der Waals surface area contributed by atoms with Gasteiger partial charge >= 0.3 is 0 Å². The van der Waals surface area contributed by atoms with E-state index in [-0.39, 0.29) is 17.6 Å². The third-order valence-corrected chi connectivity index (χ3v) is 4.24. The molecule has 0 bridgehead atoms. The Hall–Kier alpha value is -2.93. The van der Waals surface area contributed by atoms with Crippen LogP contribution in [0.25, 0.3) is 10.6 Å². The first-order valence-corrected chi connectivity index (χ1v) is 8.17. The van der Waals surface area contributed by atoms with E-state index in [9.17, 15) is 9.59 Å². The zero-order valence-electron chi connectivity index (χ0n) is 12.7. The first kappa shape index (κ1) is 15.9. The van der Waals surface area contributed by atoms with Gasteiger partial charge in [0.05, 0.1) is 12.5 Å². The number of rotatable bonds is 6. The number of aromatic nitrogens is 1. The summed E-state index contributed by atoms with van der Waals surface area (Å²) in [6.07, 6.45) is 2.99. The van der Waals surface area contributed by atoms with Gasteiger partial charge in [-0.05, 0) is 12.1 Å². The van der Waals surface area contributed by atoms with Crippen molar-refractivity contribution >= 4 is 23.2 Å². The molecule has 3 aromatic rings. The molecule has 0 aliphatic rings. The Labute approximate surface area is 142 Å². The van der Waals surface area contributed by atoms with E-state index in [0.717, 1.165) is 10.6 Å². The van der Waals surface area contributed by atoms with Crippen molar-refractivity contribution in [1.29, 1.82) is 0 Å². The summed E-state index contributed by atoms with van der Waals surface area (Å²) in [6, 6.07) is 12.9. The van der Waals surface area contributed by atoms with Crippen LogP contribution in [0.2, 0.25) is 0 Å². The van der Waals surface area contributed by atoms with Gasteiger partial charge in [-0.25, -0.2) is 4.98 Å². The predicted octanol–water partition coefficient (Wildman–Crippen LogP) is 2.56. The molecule has 0 atom stereocenters. The fourth-order valence-electron chi connectivity index (χ4n) is 2.03. The largest absolute Gasteiger partial charge is 0.459 e.